The molecule has 0 radical (unpaired) electrons. The van der Waals surface area contributed by atoms with Crippen molar-refractivity contribution in [2.45, 2.75) is 19.9 Å². The lowest BCUT2D eigenvalue weighted by molar-refractivity contribution is -0.385. The maximum absolute atomic E-state index is 10.8. The Morgan fingerprint density at radius 2 is 2.25 bits per heavy atom. The molecule has 1 atom stereocenters. The first-order chi connectivity index (χ1) is 7.57. The topological polar surface area (TPSA) is 75.4 Å². The summed E-state index contributed by atoms with van der Waals surface area (Å²) in [6.45, 7) is 4.19. The van der Waals surface area contributed by atoms with Crippen molar-refractivity contribution in [1.29, 1.82) is 0 Å². The molecule has 1 rings (SSSR count). The SMILES string of the molecule is Cc1c(C(C)NCCO)cccc1[N+](=O)[O-]. The van der Waals surface area contributed by atoms with Crippen LogP contribution in [0, 0.1) is 17.0 Å². The molecule has 0 fully saturated rings. The number of benzene rings is 1. The standard InChI is InChI=1S/C11H16N2O3/c1-8-10(9(2)12-6-7-14)4-3-5-11(8)13(15)16/h3-5,9,12,14H,6-7H2,1-2H3. The molecule has 0 saturated carbocycles. The van der Waals surface area contributed by atoms with E-state index in [0.717, 1.165) is 5.56 Å². The second-order valence-corrected chi connectivity index (χ2v) is 3.65. The third kappa shape index (κ3) is 2.77. The van der Waals surface area contributed by atoms with E-state index in [1.165, 1.54) is 6.07 Å². The molecule has 0 saturated heterocycles. The van der Waals surface area contributed by atoms with Gasteiger partial charge >= 0.3 is 0 Å². The first-order valence-corrected chi connectivity index (χ1v) is 5.16. The van der Waals surface area contributed by atoms with Crippen LogP contribution in [0.3, 0.4) is 0 Å². The predicted octanol–water partition coefficient (Wildman–Crippen LogP) is 1.55. The Morgan fingerprint density at radius 3 is 2.81 bits per heavy atom. The van der Waals surface area contributed by atoms with Gasteiger partial charge in [0, 0.05) is 24.2 Å². The van der Waals surface area contributed by atoms with Crippen molar-refractivity contribution in [3.8, 4) is 0 Å². The molecular weight excluding hydrogens is 208 g/mol. The van der Waals surface area contributed by atoms with Crippen LogP contribution in [0.4, 0.5) is 5.69 Å². The van der Waals surface area contributed by atoms with Gasteiger partial charge in [0.15, 0.2) is 0 Å². The largest absolute Gasteiger partial charge is 0.395 e. The number of aliphatic hydroxyl groups is 1. The van der Waals surface area contributed by atoms with Crippen molar-refractivity contribution in [3.63, 3.8) is 0 Å². The summed E-state index contributed by atoms with van der Waals surface area (Å²) >= 11 is 0. The summed E-state index contributed by atoms with van der Waals surface area (Å²) < 4.78 is 0. The van der Waals surface area contributed by atoms with Crippen LogP contribution in [-0.2, 0) is 0 Å². The minimum Gasteiger partial charge on any atom is -0.395 e. The molecule has 5 heteroatoms. The fourth-order valence-electron chi connectivity index (χ4n) is 1.70. The molecule has 1 unspecified atom stereocenters. The molecule has 16 heavy (non-hydrogen) atoms. The smallest absolute Gasteiger partial charge is 0.272 e. The van der Waals surface area contributed by atoms with Gasteiger partial charge in [0.25, 0.3) is 5.69 Å². The Kier molecular flexibility index (Phi) is 4.39. The summed E-state index contributed by atoms with van der Waals surface area (Å²) in [4.78, 5) is 10.4. The fourth-order valence-corrected chi connectivity index (χ4v) is 1.70. The number of rotatable bonds is 5. The van der Waals surface area contributed by atoms with E-state index in [1.807, 2.05) is 13.0 Å². The van der Waals surface area contributed by atoms with Crippen molar-refractivity contribution < 1.29 is 10.0 Å². The minimum atomic E-state index is -0.377. The Balaban J connectivity index is 2.96. The summed E-state index contributed by atoms with van der Waals surface area (Å²) in [5.74, 6) is 0. The molecule has 0 heterocycles. The van der Waals surface area contributed by atoms with E-state index in [-0.39, 0.29) is 23.3 Å². The summed E-state index contributed by atoms with van der Waals surface area (Å²) in [5, 5.41) is 22.5. The lowest BCUT2D eigenvalue weighted by Gasteiger charge is -2.15. The monoisotopic (exact) mass is 224 g/mol. The Hall–Kier alpha value is -1.46. The molecule has 1 aromatic rings. The van der Waals surface area contributed by atoms with Crippen LogP contribution in [0.1, 0.15) is 24.1 Å². The normalized spacial score (nSPS) is 12.4. The summed E-state index contributed by atoms with van der Waals surface area (Å²) in [7, 11) is 0. The van der Waals surface area contributed by atoms with Gasteiger partial charge in [0.2, 0.25) is 0 Å². The van der Waals surface area contributed by atoms with Gasteiger partial charge in [0.05, 0.1) is 11.5 Å². The first kappa shape index (κ1) is 12.6. The molecule has 0 aliphatic heterocycles. The number of nitro groups is 1. The van der Waals surface area contributed by atoms with Gasteiger partial charge < -0.3 is 10.4 Å². The average Bonchev–Trinajstić information content (AvgIpc) is 2.25. The van der Waals surface area contributed by atoms with Crippen LogP contribution >= 0.6 is 0 Å². The van der Waals surface area contributed by atoms with Gasteiger partial charge in [-0.3, -0.25) is 10.1 Å². The van der Waals surface area contributed by atoms with Crippen molar-refractivity contribution in [2.75, 3.05) is 13.2 Å². The fraction of sp³-hybridized carbons (Fsp3) is 0.455. The third-order valence-electron chi connectivity index (χ3n) is 2.57. The number of nitrogens with zero attached hydrogens (tertiary/aromatic N) is 1. The second-order valence-electron chi connectivity index (χ2n) is 3.65. The summed E-state index contributed by atoms with van der Waals surface area (Å²) in [6, 6.07) is 5.03. The Labute approximate surface area is 94.3 Å². The van der Waals surface area contributed by atoms with Gasteiger partial charge in [-0.2, -0.15) is 0 Å². The number of nitro benzene ring substituents is 1. The van der Waals surface area contributed by atoms with Gasteiger partial charge in [-0.05, 0) is 19.4 Å². The molecule has 1 aromatic carbocycles. The van der Waals surface area contributed by atoms with E-state index in [4.69, 9.17) is 5.11 Å². The maximum atomic E-state index is 10.8. The van der Waals surface area contributed by atoms with Crippen LogP contribution in [0.25, 0.3) is 0 Å². The molecule has 0 aliphatic rings. The third-order valence-corrected chi connectivity index (χ3v) is 2.57. The van der Waals surface area contributed by atoms with Crippen molar-refractivity contribution in [2.24, 2.45) is 0 Å². The van der Waals surface area contributed by atoms with E-state index in [0.29, 0.717) is 12.1 Å². The highest BCUT2D eigenvalue weighted by atomic mass is 16.6. The molecule has 0 aromatic heterocycles. The van der Waals surface area contributed by atoms with Crippen molar-refractivity contribution >= 4 is 5.69 Å². The summed E-state index contributed by atoms with van der Waals surface area (Å²) in [6.07, 6.45) is 0. The molecule has 0 bridgehead atoms. The van der Waals surface area contributed by atoms with Crippen molar-refractivity contribution in [3.05, 3.63) is 39.4 Å². The number of nitrogens with one attached hydrogen (secondary N) is 1. The molecule has 0 aliphatic carbocycles. The van der Waals surface area contributed by atoms with Crippen LogP contribution in [0.2, 0.25) is 0 Å². The molecule has 2 N–H and O–H groups in total. The number of aliphatic hydroxyl groups excluding tert-OH is 1. The van der Waals surface area contributed by atoms with E-state index in [1.54, 1.807) is 13.0 Å². The van der Waals surface area contributed by atoms with Crippen LogP contribution in [0.5, 0.6) is 0 Å². The molecular formula is C11H16N2O3. The van der Waals surface area contributed by atoms with Gasteiger partial charge in [-0.1, -0.05) is 12.1 Å². The van der Waals surface area contributed by atoms with Gasteiger partial charge in [-0.15, -0.1) is 0 Å². The molecule has 5 nitrogen and oxygen atoms in total. The second kappa shape index (κ2) is 5.58. The van der Waals surface area contributed by atoms with E-state index >= 15 is 0 Å². The highest BCUT2D eigenvalue weighted by molar-refractivity contribution is 5.45. The Morgan fingerprint density at radius 1 is 1.56 bits per heavy atom. The van der Waals surface area contributed by atoms with Gasteiger partial charge in [-0.25, -0.2) is 0 Å². The Bertz CT molecular complexity index is 379. The van der Waals surface area contributed by atoms with E-state index < -0.39 is 0 Å². The van der Waals surface area contributed by atoms with Crippen LogP contribution in [0.15, 0.2) is 18.2 Å². The quantitative estimate of drug-likeness (QED) is 0.587. The summed E-state index contributed by atoms with van der Waals surface area (Å²) in [5.41, 5.74) is 1.70. The lowest BCUT2D eigenvalue weighted by atomic mass is 10.0. The zero-order chi connectivity index (χ0) is 12.1. The minimum absolute atomic E-state index is 0.00736. The molecule has 0 amide bonds. The number of hydrogen-bond donors (Lipinski definition) is 2. The predicted molar refractivity (Wildman–Crippen MR) is 61.3 cm³/mol. The zero-order valence-electron chi connectivity index (χ0n) is 9.43. The van der Waals surface area contributed by atoms with Gasteiger partial charge in [0.1, 0.15) is 0 Å². The van der Waals surface area contributed by atoms with Crippen LogP contribution < -0.4 is 5.32 Å². The maximum Gasteiger partial charge on any atom is 0.272 e. The highest BCUT2D eigenvalue weighted by Gasteiger charge is 2.16. The first-order valence-electron chi connectivity index (χ1n) is 5.16. The van der Waals surface area contributed by atoms with Crippen LogP contribution in [-0.4, -0.2) is 23.2 Å². The lowest BCUT2D eigenvalue weighted by Crippen LogP contribution is -2.22. The van der Waals surface area contributed by atoms with E-state index in [9.17, 15) is 10.1 Å². The highest BCUT2D eigenvalue weighted by Crippen LogP contribution is 2.25. The van der Waals surface area contributed by atoms with E-state index in [2.05, 4.69) is 5.32 Å². The zero-order valence-corrected chi connectivity index (χ0v) is 9.43. The number of hydrogen-bond acceptors (Lipinski definition) is 4. The van der Waals surface area contributed by atoms with Crippen molar-refractivity contribution in [1.82, 2.24) is 5.32 Å². The average molecular weight is 224 g/mol. The molecule has 0 spiro atoms. The molecule has 88 valence electrons.